The van der Waals surface area contributed by atoms with E-state index in [1.807, 2.05) is 30.3 Å². The lowest BCUT2D eigenvalue weighted by atomic mass is 10.1. The molecule has 2 N–H and O–H groups in total. The third-order valence-electron chi connectivity index (χ3n) is 3.80. The molecule has 0 radical (unpaired) electrons. The molecule has 3 rings (SSSR count). The summed E-state index contributed by atoms with van der Waals surface area (Å²) in [5.74, 6) is 0.543. The van der Waals surface area contributed by atoms with Gasteiger partial charge in [-0.2, -0.15) is 0 Å². The minimum Gasteiger partial charge on any atom is -0.486 e. The fraction of sp³-hybridized carbons (Fsp3) is 0.263. The van der Waals surface area contributed by atoms with Crippen molar-refractivity contribution in [1.82, 2.24) is 10.6 Å². The van der Waals surface area contributed by atoms with E-state index in [4.69, 9.17) is 21.1 Å². The van der Waals surface area contributed by atoms with Gasteiger partial charge in [-0.1, -0.05) is 41.9 Å². The van der Waals surface area contributed by atoms with Gasteiger partial charge in [-0.3, -0.25) is 9.59 Å². The molecule has 0 saturated carbocycles. The molecule has 1 aliphatic rings. The van der Waals surface area contributed by atoms with Gasteiger partial charge in [-0.05, 0) is 17.7 Å². The van der Waals surface area contributed by atoms with Crippen LogP contribution >= 0.6 is 11.6 Å². The van der Waals surface area contributed by atoms with E-state index in [-0.39, 0.29) is 11.8 Å². The molecule has 0 aromatic heterocycles. The van der Waals surface area contributed by atoms with Crippen LogP contribution in [0.25, 0.3) is 0 Å². The van der Waals surface area contributed by atoms with Gasteiger partial charge in [0.15, 0.2) is 11.5 Å². The summed E-state index contributed by atoms with van der Waals surface area (Å²) in [6.45, 7) is 1.50. The van der Waals surface area contributed by atoms with Crippen LogP contribution in [0.15, 0.2) is 42.5 Å². The van der Waals surface area contributed by atoms with Gasteiger partial charge in [0.1, 0.15) is 13.2 Å². The fourth-order valence-electron chi connectivity index (χ4n) is 2.57. The Morgan fingerprint density at radius 2 is 1.73 bits per heavy atom. The summed E-state index contributed by atoms with van der Waals surface area (Å²) in [4.78, 5) is 24.1. The molecule has 2 amide bonds. The molecular weight excluding hydrogens is 356 g/mol. The van der Waals surface area contributed by atoms with E-state index >= 15 is 0 Å². The Labute approximate surface area is 156 Å². The number of halogens is 1. The second kappa shape index (κ2) is 8.58. The molecule has 0 bridgehead atoms. The van der Waals surface area contributed by atoms with Crippen molar-refractivity contribution in [3.8, 4) is 11.5 Å². The Bertz CT molecular complexity index is 796. The van der Waals surface area contributed by atoms with Gasteiger partial charge in [-0.15, -0.1) is 0 Å². The van der Waals surface area contributed by atoms with Gasteiger partial charge in [0.2, 0.25) is 5.91 Å². The first-order chi connectivity index (χ1) is 12.6. The SMILES string of the molecule is O=C(Cc1ccccc1)NCCNC(=O)c1cc(Cl)c2c(c1)OCCO2. The van der Waals surface area contributed by atoms with Crippen LogP contribution < -0.4 is 20.1 Å². The Morgan fingerprint density at radius 1 is 1.00 bits per heavy atom. The molecule has 0 saturated heterocycles. The van der Waals surface area contributed by atoms with Crippen LogP contribution in [0, 0.1) is 0 Å². The number of fused-ring (bicyclic) bond motifs is 1. The van der Waals surface area contributed by atoms with Gasteiger partial charge in [0, 0.05) is 18.7 Å². The zero-order valence-corrected chi connectivity index (χ0v) is 14.8. The van der Waals surface area contributed by atoms with E-state index in [2.05, 4.69) is 10.6 Å². The van der Waals surface area contributed by atoms with Crippen molar-refractivity contribution in [3.05, 3.63) is 58.6 Å². The van der Waals surface area contributed by atoms with Gasteiger partial charge in [0.05, 0.1) is 11.4 Å². The van der Waals surface area contributed by atoms with Crippen molar-refractivity contribution >= 4 is 23.4 Å². The maximum Gasteiger partial charge on any atom is 0.251 e. The van der Waals surface area contributed by atoms with Crippen molar-refractivity contribution in [2.45, 2.75) is 6.42 Å². The average Bonchev–Trinajstić information content (AvgIpc) is 2.66. The summed E-state index contributed by atoms with van der Waals surface area (Å²) >= 11 is 6.13. The standard InChI is InChI=1S/C19H19ClN2O4/c20-15-11-14(12-16-18(15)26-9-8-25-16)19(24)22-7-6-21-17(23)10-13-4-2-1-3-5-13/h1-5,11-12H,6-10H2,(H,21,23)(H,22,24). The highest BCUT2D eigenvalue weighted by Gasteiger charge is 2.19. The van der Waals surface area contributed by atoms with Crippen LogP contribution in [0.3, 0.4) is 0 Å². The zero-order chi connectivity index (χ0) is 18.4. The number of benzene rings is 2. The number of ether oxygens (including phenoxy) is 2. The first kappa shape index (κ1) is 18.1. The highest BCUT2D eigenvalue weighted by molar-refractivity contribution is 6.32. The first-order valence-electron chi connectivity index (χ1n) is 8.31. The van der Waals surface area contributed by atoms with E-state index in [9.17, 15) is 9.59 Å². The van der Waals surface area contributed by atoms with Crippen molar-refractivity contribution in [1.29, 1.82) is 0 Å². The number of hydrogen-bond donors (Lipinski definition) is 2. The number of nitrogens with one attached hydrogen (secondary N) is 2. The van der Waals surface area contributed by atoms with Crippen LogP contribution in [0.4, 0.5) is 0 Å². The molecule has 0 aliphatic carbocycles. The van der Waals surface area contributed by atoms with Crippen LogP contribution in [-0.4, -0.2) is 38.1 Å². The summed E-state index contributed by atoms with van der Waals surface area (Å²) in [6, 6.07) is 12.6. The lowest BCUT2D eigenvalue weighted by molar-refractivity contribution is -0.120. The monoisotopic (exact) mass is 374 g/mol. The highest BCUT2D eigenvalue weighted by Crippen LogP contribution is 2.38. The smallest absolute Gasteiger partial charge is 0.251 e. The molecule has 6 nitrogen and oxygen atoms in total. The van der Waals surface area contributed by atoms with E-state index < -0.39 is 0 Å². The quantitative estimate of drug-likeness (QED) is 0.760. The van der Waals surface area contributed by atoms with E-state index in [1.165, 1.54) is 0 Å². The molecule has 2 aromatic rings. The minimum absolute atomic E-state index is 0.0900. The Hall–Kier alpha value is -2.73. The van der Waals surface area contributed by atoms with Crippen molar-refractivity contribution in [3.63, 3.8) is 0 Å². The van der Waals surface area contributed by atoms with Crippen molar-refractivity contribution in [2.75, 3.05) is 26.3 Å². The second-order valence-corrected chi connectivity index (χ2v) is 6.16. The lowest BCUT2D eigenvalue weighted by Crippen LogP contribution is -2.35. The number of amides is 2. The van der Waals surface area contributed by atoms with Gasteiger partial charge in [0.25, 0.3) is 5.91 Å². The van der Waals surface area contributed by atoms with Gasteiger partial charge >= 0.3 is 0 Å². The zero-order valence-electron chi connectivity index (χ0n) is 14.1. The average molecular weight is 375 g/mol. The van der Waals surface area contributed by atoms with E-state index in [0.29, 0.717) is 54.8 Å². The summed E-state index contributed by atoms with van der Waals surface area (Å²) in [5.41, 5.74) is 1.33. The number of carbonyl (C=O) groups excluding carboxylic acids is 2. The minimum atomic E-state index is -0.291. The largest absolute Gasteiger partial charge is 0.486 e. The third kappa shape index (κ3) is 4.67. The molecule has 26 heavy (non-hydrogen) atoms. The number of hydrogen-bond acceptors (Lipinski definition) is 4. The molecule has 0 atom stereocenters. The predicted octanol–water partition coefficient (Wildman–Crippen LogP) is 2.20. The summed E-state index contributed by atoms with van der Waals surface area (Å²) < 4.78 is 10.9. The molecule has 0 spiro atoms. The van der Waals surface area contributed by atoms with Crippen LogP contribution in [0.2, 0.25) is 5.02 Å². The normalized spacial score (nSPS) is 12.3. The lowest BCUT2D eigenvalue weighted by Gasteiger charge is -2.20. The van der Waals surface area contributed by atoms with Crippen molar-refractivity contribution < 1.29 is 19.1 Å². The molecule has 2 aromatic carbocycles. The Kier molecular flexibility index (Phi) is 5.96. The molecular formula is C19H19ClN2O4. The van der Waals surface area contributed by atoms with E-state index in [0.717, 1.165) is 5.56 Å². The topological polar surface area (TPSA) is 76.7 Å². The van der Waals surface area contributed by atoms with Crippen LogP contribution in [-0.2, 0) is 11.2 Å². The van der Waals surface area contributed by atoms with E-state index in [1.54, 1.807) is 12.1 Å². The van der Waals surface area contributed by atoms with Crippen LogP contribution in [0.5, 0.6) is 11.5 Å². The number of carbonyl (C=O) groups is 2. The maximum absolute atomic E-state index is 12.2. The molecule has 0 fully saturated rings. The first-order valence-corrected chi connectivity index (χ1v) is 8.69. The highest BCUT2D eigenvalue weighted by atomic mass is 35.5. The van der Waals surface area contributed by atoms with Crippen LogP contribution in [0.1, 0.15) is 15.9 Å². The Balaban J connectivity index is 1.46. The summed E-state index contributed by atoms with van der Waals surface area (Å²) in [5, 5.41) is 5.85. The molecule has 7 heteroatoms. The molecule has 1 heterocycles. The fourth-order valence-corrected chi connectivity index (χ4v) is 2.83. The molecule has 136 valence electrons. The van der Waals surface area contributed by atoms with Crippen molar-refractivity contribution in [2.24, 2.45) is 0 Å². The summed E-state index contributed by atoms with van der Waals surface area (Å²) in [6.07, 6.45) is 0.312. The second-order valence-electron chi connectivity index (χ2n) is 5.75. The van der Waals surface area contributed by atoms with Gasteiger partial charge < -0.3 is 20.1 Å². The predicted molar refractivity (Wildman–Crippen MR) is 97.9 cm³/mol. The Morgan fingerprint density at radius 3 is 2.54 bits per heavy atom. The molecule has 0 unspecified atom stereocenters. The number of rotatable bonds is 6. The van der Waals surface area contributed by atoms with Gasteiger partial charge in [-0.25, -0.2) is 0 Å². The molecule has 1 aliphatic heterocycles. The maximum atomic E-state index is 12.2. The summed E-state index contributed by atoms with van der Waals surface area (Å²) in [7, 11) is 0. The third-order valence-corrected chi connectivity index (χ3v) is 4.08.